The molecule has 0 aliphatic heterocycles. The van der Waals surface area contributed by atoms with E-state index in [0.717, 1.165) is 19.3 Å². The Morgan fingerprint density at radius 1 is 1.24 bits per heavy atom. The maximum absolute atomic E-state index is 14.3. The molecule has 4 rings (SSSR count). The molecule has 1 aliphatic carbocycles. The number of nitrogens with zero attached hydrogens (tertiary/aromatic N) is 4. The van der Waals surface area contributed by atoms with Gasteiger partial charge in [0.1, 0.15) is 11.5 Å². The maximum atomic E-state index is 14.3. The number of carbonyl (C=O) groups excluding carboxylic acids is 1. The smallest absolute Gasteiger partial charge is 0.251 e. The molecule has 0 bridgehead atoms. The van der Waals surface area contributed by atoms with Crippen molar-refractivity contribution in [1.29, 1.82) is 0 Å². The first-order valence-corrected chi connectivity index (χ1v) is 8.30. The highest BCUT2D eigenvalue weighted by molar-refractivity contribution is 5.94. The molecule has 0 radical (unpaired) electrons. The predicted octanol–water partition coefficient (Wildman–Crippen LogP) is 2.73. The number of nitrogens with one attached hydrogen (secondary N) is 1. The number of carbonyl (C=O) groups is 1. The average Bonchev–Trinajstić information content (AvgIpc) is 3.36. The van der Waals surface area contributed by atoms with Gasteiger partial charge >= 0.3 is 0 Å². The van der Waals surface area contributed by atoms with Gasteiger partial charge in [0.15, 0.2) is 0 Å². The lowest BCUT2D eigenvalue weighted by Gasteiger charge is -2.22. The van der Waals surface area contributed by atoms with Crippen molar-refractivity contribution in [3.8, 4) is 5.69 Å². The van der Waals surface area contributed by atoms with E-state index in [1.807, 2.05) is 10.8 Å². The Labute approximate surface area is 144 Å². The van der Waals surface area contributed by atoms with Crippen LogP contribution in [0.3, 0.4) is 0 Å². The molecule has 7 heteroatoms. The van der Waals surface area contributed by atoms with E-state index >= 15 is 0 Å². The van der Waals surface area contributed by atoms with Crippen LogP contribution < -0.4 is 5.32 Å². The van der Waals surface area contributed by atoms with Gasteiger partial charge < -0.3 is 9.88 Å². The van der Waals surface area contributed by atoms with E-state index in [1.165, 1.54) is 10.7 Å². The van der Waals surface area contributed by atoms with E-state index in [-0.39, 0.29) is 18.0 Å². The summed E-state index contributed by atoms with van der Waals surface area (Å²) >= 11 is 0. The van der Waals surface area contributed by atoms with Crippen molar-refractivity contribution in [2.45, 2.75) is 31.3 Å². The second-order valence-corrected chi connectivity index (χ2v) is 6.20. The quantitative estimate of drug-likeness (QED) is 0.795. The lowest BCUT2D eigenvalue weighted by Crippen LogP contribution is -2.38. The topological polar surface area (TPSA) is 64.7 Å². The molecule has 2 heterocycles. The van der Waals surface area contributed by atoms with E-state index in [1.54, 1.807) is 43.1 Å². The summed E-state index contributed by atoms with van der Waals surface area (Å²) in [6.07, 6.45) is 11.6. The van der Waals surface area contributed by atoms with Gasteiger partial charge in [-0.2, -0.15) is 5.10 Å². The van der Waals surface area contributed by atoms with Gasteiger partial charge in [0.25, 0.3) is 5.91 Å². The second-order valence-electron chi connectivity index (χ2n) is 6.20. The van der Waals surface area contributed by atoms with Crippen molar-refractivity contribution in [3.63, 3.8) is 0 Å². The standard InChI is InChI=1S/C18H18FN5O/c19-14-11-13(5-6-16(14)24-9-2-7-21-24)18(25)22-15-3-1-4-17(15)23-10-8-20-12-23/h2,5-12,15,17H,1,3-4H2,(H,22,25). The Balaban J connectivity index is 1.50. The molecule has 2 aromatic heterocycles. The Kier molecular flexibility index (Phi) is 4.05. The molecule has 1 aromatic carbocycles. The Hall–Kier alpha value is -2.96. The molecule has 1 N–H and O–H groups in total. The van der Waals surface area contributed by atoms with Gasteiger partial charge in [-0.3, -0.25) is 4.79 Å². The predicted molar refractivity (Wildman–Crippen MR) is 89.9 cm³/mol. The minimum absolute atomic E-state index is 0.0237. The third-order valence-corrected chi connectivity index (χ3v) is 4.66. The van der Waals surface area contributed by atoms with Crippen molar-refractivity contribution < 1.29 is 9.18 Å². The zero-order valence-electron chi connectivity index (χ0n) is 13.5. The molecule has 2 unspecified atom stereocenters. The van der Waals surface area contributed by atoms with Gasteiger partial charge in [-0.15, -0.1) is 0 Å². The van der Waals surface area contributed by atoms with Crippen LogP contribution in [0.2, 0.25) is 0 Å². The van der Waals surface area contributed by atoms with Crippen molar-refractivity contribution in [3.05, 3.63) is 66.8 Å². The third kappa shape index (κ3) is 3.05. The summed E-state index contributed by atoms with van der Waals surface area (Å²) in [5, 5.41) is 7.05. The highest BCUT2D eigenvalue weighted by Gasteiger charge is 2.30. The zero-order chi connectivity index (χ0) is 17.2. The van der Waals surface area contributed by atoms with Gasteiger partial charge in [0.2, 0.25) is 0 Å². The summed E-state index contributed by atoms with van der Waals surface area (Å²) in [5.41, 5.74) is 0.628. The van der Waals surface area contributed by atoms with Gasteiger partial charge in [0, 0.05) is 36.4 Å². The molecule has 0 saturated heterocycles. The number of benzene rings is 1. The summed E-state index contributed by atoms with van der Waals surface area (Å²) in [7, 11) is 0. The molecule has 1 amide bonds. The van der Waals surface area contributed by atoms with Crippen LogP contribution in [0, 0.1) is 5.82 Å². The van der Waals surface area contributed by atoms with Crippen LogP contribution in [-0.2, 0) is 0 Å². The summed E-state index contributed by atoms with van der Waals surface area (Å²) in [4.78, 5) is 16.6. The van der Waals surface area contributed by atoms with Gasteiger partial charge in [-0.1, -0.05) is 0 Å². The van der Waals surface area contributed by atoms with Crippen molar-refractivity contribution >= 4 is 5.91 Å². The molecule has 6 nitrogen and oxygen atoms in total. The van der Waals surface area contributed by atoms with Gasteiger partial charge in [-0.05, 0) is 43.5 Å². The van der Waals surface area contributed by atoms with Crippen LogP contribution in [-0.4, -0.2) is 31.3 Å². The molecule has 1 fully saturated rings. The fourth-order valence-electron chi connectivity index (χ4n) is 3.43. The largest absolute Gasteiger partial charge is 0.347 e. The summed E-state index contributed by atoms with van der Waals surface area (Å²) in [6, 6.07) is 6.38. The van der Waals surface area contributed by atoms with E-state index in [0.29, 0.717) is 11.3 Å². The van der Waals surface area contributed by atoms with Crippen LogP contribution in [0.15, 0.2) is 55.4 Å². The zero-order valence-corrected chi connectivity index (χ0v) is 13.5. The molecule has 128 valence electrons. The molecular weight excluding hydrogens is 321 g/mol. The lowest BCUT2D eigenvalue weighted by atomic mass is 10.1. The van der Waals surface area contributed by atoms with E-state index < -0.39 is 5.82 Å². The summed E-state index contributed by atoms with van der Waals surface area (Å²) < 4.78 is 17.8. The molecular formula is C18H18FN5O. The molecule has 3 aromatic rings. The molecule has 25 heavy (non-hydrogen) atoms. The van der Waals surface area contributed by atoms with Crippen LogP contribution in [0.5, 0.6) is 0 Å². The van der Waals surface area contributed by atoms with Crippen LogP contribution in [0.25, 0.3) is 5.69 Å². The highest BCUT2D eigenvalue weighted by atomic mass is 19.1. The first kappa shape index (κ1) is 15.6. The normalized spacial score (nSPS) is 19.9. The number of halogens is 1. The Morgan fingerprint density at radius 3 is 2.88 bits per heavy atom. The van der Waals surface area contributed by atoms with Crippen molar-refractivity contribution in [1.82, 2.24) is 24.6 Å². The average molecular weight is 339 g/mol. The van der Waals surface area contributed by atoms with Crippen molar-refractivity contribution in [2.75, 3.05) is 0 Å². The number of rotatable bonds is 4. The minimum atomic E-state index is -0.478. The summed E-state index contributed by atoms with van der Waals surface area (Å²) in [5.74, 6) is -0.739. The van der Waals surface area contributed by atoms with Crippen LogP contribution in [0.4, 0.5) is 4.39 Å². The number of amides is 1. The van der Waals surface area contributed by atoms with Crippen LogP contribution >= 0.6 is 0 Å². The van der Waals surface area contributed by atoms with Gasteiger partial charge in [-0.25, -0.2) is 14.1 Å². The fourth-order valence-corrected chi connectivity index (χ4v) is 3.43. The Bertz CT molecular complexity index is 860. The SMILES string of the molecule is O=C(NC1CCCC1n1ccnc1)c1ccc(-n2cccn2)c(F)c1. The van der Waals surface area contributed by atoms with E-state index in [4.69, 9.17) is 0 Å². The molecule has 1 saturated carbocycles. The highest BCUT2D eigenvalue weighted by Crippen LogP contribution is 2.30. The number of hydrogen-bond acceptors (Lipinski definition) is 3. The van der Waals surface area contributed by atoms with Crippen molar-refractivity contribution in [2.24, 2.45) is 0 Å². The minimum Gasteiger partial charge on any atom is -0.347 e. The second kappa shape index (κ2) is 6.51. The monoisotopic (exact) mass is 339 g/mol. The lowest BCUT2D eigenvalue weighted by molar-refractivity contribution is 0.0928. The molecule has 0 spiro atoms. The first-order chi connectivity index (χ1) is 12.2. The van der Waals surface area contributed by atoms with E-state index in [9.17, 15) is 9.18 Å². The molecule has 1 aliphatic rings. The molecule has 2 atom stereocenters. The maximum Gasteiger partial charge on any atom is 0.251 e. The fraction of sp³-hybridized carbons (Fsp3) is 0.278. The number of aromatic nitrogens is 4. The van der Waals surface area contributed by atoms with Gasteiger partial charge in [0.05, 0.1) is 12.4 Å². The first-order valence-electron chi connectivity index (χ1n) is 8.30. The number of imidazole rings is 1. The Morgan fingerprint density at radius 2 is 2.16 bits per heavy atom. The summed E-state index contributed by atoms with van der Waals surface area (Å²) in [6.45, 7) is 0. The van der Waals surface area contributed by atoms with Crippen LogP contribution in [0.1, 0.15) is 35.7 Å². The van der Waals surface area contributed by atoms with E-state index in [2.05, 4.69) is 15.4 Å². The third-order valence-electron chi connectivity index (χ3n) is 4.66. The number of hydrogen-bond donors (Lipinski definition) is 1.